The molecule has 2 atom stereocenters. The van der Waals surface area contributed by atoms with Crippen molar-refractivity contribution in [3.8, 4) is 0 Å². The third kappa shape index (κ3) is 1.15. The van der Waals surface area contributed by atoms with Crippen LogP contribution in [0.25, 0.3) is 0 Å². The summed E-state index contributed by atoms with van der Waals surface area (Å²) in [5.74, 6) is -7.09. The Labute approximate surface area is 102 Å². The highest BCUT2D eigenvalue weighted by molar-refractivity contribution is 6.20. The second-order valence-electron chi connectivity index (χ2n) is 4.19. The molecule has 6 nitrogen and oxygen atoms in total. The Hall–Kier alpha value is -1.60. The number of rotatable bonds is 0. The first-order chi connectivity index (χ1) is 8.51. The van der Waals surface area contributed by atoms with Crippen molar-refractivity contribution in [1.82, 2.24) is 0 Å². The quantitative estimate of drug-likeness (QED) is 0.644. The lowest BCUT2D eigenvalue weighted by Gasteiger charge is -2.45. The fraction of sp³-hybridized carbons (Fsp3) is 0.333. The zero-order chi connectivity index (χ0) is 13.0. The second kappa shape index (κ2) is 3.46. The Morgan fingerprint density at radius 3 is 1.67 bits per heavy atom. The van der Waals surface area contributed by atoms with E-state index in [4.69, 9.17) is 9.47 Å². The number of carbonyl (C=O) groups excluding carboxylic acids is 2. The molecule has 3 rings (SSSR count). The smallest absolute Gasteiger partial charge is 0.295 e. The zero-order valence-corrected chi connectivity index (χ0v) is 9.25. The largest absolute Gasteiger partial charge is 0.355 e. The summed E-state index contributed by atoms with van der Waals surface area (Å²) in [6.07, 6.45) is 0. The van der Waals surface area contributed by atoms with Gasteiger partial charge < -0.3 is 19.7 Å². The average Bonchev–Trinajstić information content (AvgIpc) is 2.39. The van der Waals surface area contributed by atoms with Gasteiger partial charge in [-0.2, -0.15) is 0 Å². The molecule has 1 aromatic rings. The van der Waals surface area contributed by atoms with Crippen molar-refractivity contribution in [2.24, 2.45) is 0 Å². The lowest BCUT2D eigenvalue weighted by molar-refractivity contribution is -0.366. The summed E-state index contributed by atoms with van der Waals surface area (Å²) in [5, 5.41) is 20.3. The van der Waals surface area contributed by atoms with Crippen molar-refractivity contribution < 1.29 is 29.3 Å². The maximum absolute atomic E-state index is 12.2. The van der Waals surface area contributed by atoms with Crippen LogP contribution in [0.4, 0.5) is 0 Å². The van der Waals surface area contributed by atoms with Gasteiger partial charge in [0.25, 0.3) is 11.6 Å². The molecule has 0 aromatic heterocycles. The molecule has 0 saturated carbocycles. The highest BCUT2D eigenvalue weighted by atomic mass is 16.7. The highest BCUT2D eigenvalue weighted by Crippen LogP contribution is 2.40. The highest BCUT2D eigenvalue weighted by Gasteiger charge is 2.67. The molecule has 0 radical (unpaired) electrons. The molecule has 1 fully saturated rings. The molecule has 1 aliphatic heterocycles. The normalized spacial score (nSPS) is 35.0. The summed E-state index contributed by atoms with van der Waals surface area (Å²) in [7, 11) is 0. The number of ketones is 2. The minimum absolute atomic E-state index is 0.0141. The van der Waals surface area contributed by atoms with E-state index in [1.54, 1.807) is 12.1 Å². The van der Waals surface area contributed by atoms with Crippen LogP contribution in [0.1, 0.15) is 20.7 Å². The van der Waals surface area contributed by atoms with E-state index in [2.05, 4.69) is 0 Å². The van der Waals surface area contributed by atoms with E-state index in [0.29, 0.717) is 0 Å². The SMILES string of the molecule is O=C1c2ccccc2C(=O)[C@@]2(O)OCCO[C@]12O. The molecule has 0 spiro atoms. The molecule has 18 heavy (non-hydrogen) atoms. The van der Waals surface area contributed by atoms with E-state index < -0.39 is 23.1 Å². The third-order valence-electron chi connectivity index (χ3n) is 3.20. The van der Waals surface area contributed by atoms with Crippen LogP contribution in [0, 0.1) is 0 Å². The van der Waals surface area contributed by atoms with Gasteiger partial charge in [-0.25, -0.2) is 0 Å². The molecule has 0 bridgehead atoms. The minimum Gasteiger partial charge on any atom is -0.355 e. The summed E-state index contributed by atoms with van der Waals surface area (Å²) >= 11 is 0. The Morgan fingerprint density at radius 2 is 1.28 bits per heavy atom. The molecule has 0 unspecified atom stereocenters. The van der Waals surface area contributed by atoms with Crippen LogP contribution >= 0.6 is 0 Å². The van der Waals surface area contributed by atoms with Gasteiger partial charge in [-0.05, 0) is 0 Å². The van der Waals surface area contributed by atoms with E-state index in [0.717, 1.165) is 0 Å². The van der Waals surface area contributed by atoms with Crippen molar-refractivity contribution in [1.29, 1.82) is 0 Å². The average molecular weight is 250 g/mol. The first-order valence-corrected chi connectivity index (χ1v) is 5.42. The summed E-state index contributed by atoms with van der Waals surface area (Å²) in [4.78, 5) is 24.3. The predicted molar refractivity (Wildman–Crippen MR) is 56.9 cm³/mol. The summed E-state index contributed by atoms with van der Waals surface area (Å²) < 4.78 is 9.84. The molecule has 1 saturated heterocycles. The van der Waals surface area contributed by atoms with Gasteiger partial charge in [0, 0.05) is 11.1 Å². The lowest BCUT2D eigenvalue weighted by Crippen LogP contribution is -2.71. The molecule has 1 aliphatic carbocycles. The van der Waals surface area contributed by atoms with E-state index in [1.807, 2.05) is 0 Å². The maximum atomic E-state index is 12.2. The lowest BCUT2D eigenvalue weighted by atomic mass is 9.80. The number of ether oxygens (including phenoxy) is 2. The number of Topliss-reactive ketones (excluding diaryl/α,β-unsaturated/α-hetero) is 2. The maximum Gasteiger partial charge on any atom is 0.295 e. The first kappa shape index (κ1) is 11.5. The van der Waals surface area contributed by atoms with Crippen LogP contribution in [-0.2, 0) is 9.47 Å². The number of carbonyl (C=O) groups is 2. The standard InChI is InChI=1S/C12H10O6/c13-9-7-3-1-2-4-8(7)10(14)12(16)11(9,15)17-5-6-18-12/h1-4,15-16H,5-6H2/t11-,12-/m1/s1. The Bertz CT molecular complexity index is 504. The number of aliphatic hydroxyl groups is 2. The first-order valence-electron chi connectivity index (χ1n) is 5.42. The Morgan fingerprint density at radius 1 is 0.889 bits per heavy atom. The van der Waals surface area contributed by atoms with Crippen LogP contribution in [-0.4, -0.2) is 46.6 Å². The topological polar surface area (TPSA) is 93.1 Å². The summed E-state index contributed by atoms with van der Waals surface area (Å²) in [5.41, 5.74) is 0.0281. The fourth-order valence-corrected chi connectivity index (χ4v) is 2.26. The summed E-state index contributed by atoms with van der Waals surface area (Å²) in [6, 6.07) is 5.90. The molecule has 1 aromatic carbocycles. The second-order valence-corrected chi connectivity index (χ2v) is 4.19. The van der Waals surface area contributed by atoms with E-state index >= 15 is 0 Å². The van der Waals surface area contributed by atoms with Gasteiger partial charge >= 0.3 is 0 Å². The van der Waals surface area contributed by atoms with Crippen molar-refractivity contribution in [3.05, 3.63) is 35.4 Å². The van der Waals surface area contributed by atoms with Crippen molar-refractivity contribution in [2.45, 2.75) is 11.6 Å². The number of hydrogen-bond donors (Lipinski definition) is 2. The number of hydrogen-bond acceptors (Lipinski definition) is 6. The fourth-order valence-electron chi connectivity index (χ4n) is 2.26. The predicted octanol–water partition coefficient (Wildman–Crippen LogP) is -0.510. The Balaban J connectivity index is 2.27. The molecule has 94 valence electrons. The van der Waals surface area contributed by atoms with Crippen LogP contribution in [0.5, 0.6) is 0 Å². The van der Waals surface area contributed by atoms with Crippen molar-refractivity contribution in [2.75, 3.05) is 13.2 Å². The molecule has 0 amide bonds. The minimum atomic E-state index is -2.67. The van der Waals surface area contributed by atoms with Crippen molar-refractivity contribution in [3.63, 3.8) is 0 Å². The Kier molecular flexibility index (Phi) is 2.21. The molecular formula is C12H10O6. The van der Waals surface area contributed by atoms with Gasteiger partial charge in [0.15, 0.2) is 0 Å². The van der Waals surface area contributed by atoms with Gasteiger partial charge in [-0.3, -0.25) is 9.59 Å². The van der Waals surface area contributed by atoms with Gasteiger partial charge in [0.05, 0.1) is 13.2 Å². The molecule has 1 heterocycles. The van der Waals surface area contributed by atoms with Crippen molar-refractivity contribution >= 4 is 11.6 Å². The molecular weight excluding hydrogens is 240 g/mol. The van der Waals surface area contributed by atoms with Gasteiger partial charge in [-0.15, -0.1) is 0 Å². The zero-order valence-electron chi connectivity index (χ0n) is 9.25. The number of benzene rings is 1. The van der Waals surface area contributed by atoms with E-state index in [1.165, 1.54) is 12.1 Å². The number of fused-ring (bicyclic) bond motifs is 2. The van der Waals surface area contributed by atoms with Crippen LogP contribution in [0.3, 0.4) is 0 Å². The van der Waals surface area contributed by atoms with E-state index in [-0.39, 0.29) is 24.3 Å². The molecule has 2 N–H and O–H groups in total. The molecule has 2 aliphatic rings. The van der Waals surface area contributed by atoms with Gasteiger partial charge in [-0.1, -0.05) is 24.3 Å². The monoisotopic (exact) mass is 250 g/mol. The summed E-state index contributed by atoms with van der Waals surface area (Å²) in [6.45, 7) is -0.167. The third-order valence-corrected chi connectivity index (χ3v) is 3.20. The van der Waals surface area contributed by atoms with Crippen LogP contribution in [0.15, 0.2) is 24.3 Å². The van der Waals surface area contributed by atoms with Crippen LogP contribution in [0.2, 0.25) is 0 Å². The van der Waals surface area contributed by atoms with Gasteiger partial charge in [0.1, 0.15) is 0 Å². The van der Waals surface area contributed by atoms with Gasteiger partial charge in [0.2, 0.25) is 11.6 Å². The van der Waals surface area contributed by atoms with Crippen LogP contribution < -0.4 is 0 Å². The molecule has 6 heteroatoms. The van der Waals surface area contributed by atoms with E-state index in [9.17, 15) is 19.8 Å².